The van der Waals surface area contributed by atoms with Crippen LogP contribution in [0.2, 0.25) is 0 Å². The van der Waals surface area contributed by atoms with Gasteiger partial charge in [0.15, 0.2) is 0 Å². The molecule has 2 atom stereocenters. The minimum atomic E-state index is 0.396. The number of ether oxygens (including phenoxy) is 1. The molecule has 0 bridgehead atoms. The smallest absolute Gasteiger partial charge is 0.0502 e. The summed E-state index contributed by atoms with van der Waals surface area (Å²) >= 11 is 0. The van der Waals surface area contributed by atoms with E-state index in [1.54, 1.807) is 7.11 Å². The molecule has 0 aromatic heterocycles. The van der Waals surface area contributed by atoms with E-state index < -0.39 is 0 Å². The van der Waals surface area contributed by atoms with Crippen molar-refractivity contribution in [3.8, 4) is 0 Å². The second-order valence-corrected chi connectivity index (χ2v) is 5.10. The predicted molar refractivity (Wildman–Crippen MR) is 68.5 cm³/mol. The van der Waals surface area contributed by atoms with Gasteiger partial charge in [-0.3, -0.25) is 0 Å². The van der Waals surface area contributed by atoms with Gasteiger partial charge in [0.2, 0.25) is 0 Å². The van der Waals surface area contributed by atoms with E-state index in [-0.39, 0.29) is 0 Å². The van der Waals surface area contributed by atoms with Gasteiger partial charge in [0.25, 0.3) is 0 Å². The molecule has 16 heavy (non-hydrogen) atoms. The topological polar surface area (TPSA) is 38.5 Å². The molecule has 0 aromatic rings. The Labute approximate surface area is 100 Å². The van der Waals surface area contributed by atoms with E-state index in [4.69, 9.17) is 10.5 Å². The lowest BCUT2D eigenvalue weighted by molar-refractivity contribution is 0.0891. The summed E-state index contributed by atoms with van der Waals surface area (Å²) in [5.41, 5.74) is 6.04. The van der Waals surface area contributed by atoms with Crippen LogP contribution in [0.3, 0.4) is 0 Å². The van der Waals surface area contributed by atoms with Gasteiger partial charge in [0.05, 0.1) is 6.61 Å². The first kappa shape index (κ1) is 13.9. The van der Waals surface area contributed by atoms with E-state index in [1.807, 2.05) is 0 Å². The molecule has 2 unspecified atom stereocenters. The van der Waals surface area contributed by atoms with Crippen LogP contribution in [0.4, 0.5) is 0 Å². The average molecular weight is 228 g/mol. The van der Waals surface area contributed by atoms with Gasteiger partial charge >= 0.3 is 0 Å². The van der Waals surface area contributed by atoms with Crippen molar-refractivity contribution in [1.82, 2.24) is 4.90 Å². The number of nitrogens with zero attached hydrogens (tertiary/aromatic N) is 1. The number of piperidine rings is 1. The maximum Gasteiger partial charge on any atom is 0.0502 e. The Bertz CT molecular complexity index is 173. The third kappa shape index (κ3) is 5.28. The molecular formula is C13H28N2O. The molecule has 1 saturated heterocycles. The van der Waals surface area contributed by atoms with E-state index >= 15 is 0 Å². The Kier molecular flexibility index (Phi) is 7.01. The first-order valence-electron chi connectivity index (χ1n) is 6.73. The molecule has 96 valence electrons. The van der Waals surface area contributed by atoms with Crippen molar-refractivity contribution in [2.24, 2.45) is 11.7 Å². The minimum Gasteiger partial charge on any atom is -0.384 e. The quantitative estimate of drug-likeness (QED) is 0.723. The van der Waals surface area contributed by atoms with Crippen LogP contribution in [0.5, 0.6) is 0 Å². The normalized spacial score (nSPS) is 24.6. The SMILES string of the molecule is CCCC(N)CCN1CCCC(COC)C1. The highest BCUT2D eigenvalue weighted by Crippen LogP contribution is 2.17. The fraction of sp³-hybridized carbons (Fsp3) is 1.00. The third-order valence-corrected chi connectivity index (χ3v) is 3.48. The highest BCUT2D eigenvalue weighted by atomic mass is 16.5. The Morgan fingerprint density at radius 2 is 2.25 bits per heavy atom. The van der Waals surface area contributed by atoms with E-state index in [9.17, 15) is 0 Å². The summed E-state index contributed by atoms with van der Waals surface area (Å²) in [6.07, 6.45) is 6.15. The first-order chi connectivity index (χ1) is 7.76. The van der Waals surface area contributed by atoms with E-state index in [0.717, 1.165) is 25.4 Å². The van der Waals surface area contributed by atoms with Gasteiger partial charge < -0.3 is 15.4 Å². The van der Waals surface area contributed by atoms with Crippen LogP contribution in [0, 0.1) is 5.92 Å². The lowest BCUT2D eigenvalue weighted by atomic mass is 9.98. The molecule has 1 heterocycles. The molecular weight excluding hydrogens is 200 g/mol. The molecule has 2 N–H and O–H groups in total. The van der Waals surface area contributed by atoms with Gasteiger partial charge in [-0.1, -0.05) is 13.3 Å². The lowest BCUT2D eigenvalue weighted by Gasteiger charge is -2.32. The lowest BCUT2D eigenvalue weighted by Crippen LogP contribution is -2.39. The van der Waals surface area contributed by atoms with Crippen LogP contribution in [-0.2, 0) is 4.74 Å². The maximum absolute atomic E-state index is 6.04. The summed E-state index contributed by atoms with van der Waals surface area (Å²) in [6, 6.07) is 0.396. The highest BCUT2D eigenvalue weighted by molar-refractivity contribution is 4.74. The van der Waals surface area contributed by atoms with Gasteiger partial charge in [0, 0.05) is 19.7 Å². The van der Waals surface area contributed by atoms with Crippen molar-refractivity contribution in [1.29, 1.82) is 0 Å². The Morgan fingerprint density at radius 1 is 1.44 bits per heavy atom. The minimum absolute atomic E-state index is 0.396. The second-order valence-electron chi connectivity index (χ2n) is 5.10. The molecule has 0 spiro atoms. The number of nitrogens with two attached hydrogens (primary N) is 1. The van der Waals surface area contributed by atoms with Gasteiger partial charge in [-0.05, 0) is 44.7 Å². The van der Waals surface area contributed by atoms with Crippen molar-refractivity contribution >= 4 is 0 Å². The fourth-order valence-electron chi connectivity index (χ4n) is 2.59. The molecule has 0 aliphatic carbocycles. The molecule has 0 radical (unpaired) electrons. The van der Waals surface area contributed by atoms with E-state index in [1.165, 1.54) is 38.9 Å². The summed E-state index contributed by atoms with van der Waals surface area (Å²) in [7, 11) is 1.80. The molecule has 0 aromatic carbocycles. The van der Waals surface area contributed by atoms with E-state index in [0.29, 0.717) is 6.04 Å². The van der Waals surface area contributed by atoms with Gasteiger partial charge in [-0.15, -0.1) is 0 Å². The average Bonchev–Trinajstić information content (AvgIpc) is 2.28. The maximum atomic E-state index is 6.04. The number of methoxy groups -OCH3 is 1. The summed E-state index contributed by atoms with van der Waals surface area (Å²) in [4.78, 5) is 2.56. The zero-order valence-electron chi connectivity index (χ0n) is 11.0. The fourth-order valence-corrected chi connectivity index (χ4v) is 2.59. The number of rotatable bonds is 7. The molecule has 3 nitrogen and oxygen atoms in total. The van der Waals surface area contributed by atoms with E-state index in [2.05, 4.69) is 11.8 Å². The zero-order chi connectivity index (χ0) is 11.8. The molecule has 1 rings (SSSR count). The van der Waals surface area contributed by atoms with Crippen LogP contribution >= 0.6 is 0 Å². The van der Waals surface area contributed by atoms with Crippen molar-refractivity contribution in [3.63, 3.8) is 0 Å². The highest BCUT2D eigenvalue weighted by Gasteiger charge is 2.19. The molecule has 1 aliphatic heterocycles. The molecule has 0 saturated carbocycles. The van der Waals surface area contributed by atoms with Crippen LogP contribution in [-0.4, -0.2) is 44.3 Å². The Balaban J connectivity index is 2.16. The van der Waals surface area contributed by atoms with Crippen molar-refractivity contribution in [3.05, 3.63) is 0 Å². The van der Waals surface area contributed by atoms with Crippen molar-refractivity contribution in [2.45, 2.75) is 45.1 Å². The van der Waals surface area contributed by atoms with Gasteiger partial charge in [-0.25, -0.2) is 0 Å². The van der Waals surface area contributed by atoms with Gasteiger partial charge in [-0.2, -0.15) is 0 Å². The van der Waals surface area contributed by atoms with Crippen molar-refractivity contribution < 1.29 is 4.74 Å². The van der Waals surface area contributed by atoms with Crippen LogP contribution in [0.25, 0.3) is 0 Å². The molecule has 0 amide bonds. The number of hydrogen-bond acceptors (Lipinski definition) is 3. The second kappa shape index (κ2) is 8.04. The number of likely N-dealkylation sites (tertiary alicyclic amines) is 1. The Hall–Kier alpha value is -0.120. The van der Waals surface area contributed by atoms with Crippen LogP contribution in [0.15, 0.2) is 0 Å². The summed E-state index contributed by atoms with van der Waals surface area (Å²) in [6.45, 7) is 6.74. The Morgan fingerprint density at radius 3 is 2.94 bits per heavy atom. The predicted octanol–water partition coefficient (Wildman–Crippen LogP) is 1.86. The summed E-state index contributed by atoms with van der Waals surface area (Å²) in [5, 5.41) is 0. The van der Waals surface area contributed by atoms with Crippen molar-refractivity contribution in [2.75, 3.05) is 33.4 Å². The van der Waals surface area contributed by atoms with Crippen LogP contribution in [0.1, 0.15) is 39.0 Å². The summed E-state index contributed by atoms with van der Waals surface area (Å²) in [5.74, 6) is 0.737. The standard InChI is InChI=1S/C13H28N2O/c1-3-5-13(14)7-9-15-8-4-6-12(10-15)11-16-2/h12-13H,3-11,14H2,1-2H3. The molecule has 1 aliphatic rings. The molecule has 3 heteroatoms. The van der Waals surface area contributed by atoms with Crippen LogP contribution < -0.4 is 5.73 Å². The number of hydrogen-bond donors (Lipinski definition) is 1. The molecule has 1 fully saturated rings. The largest absolute Gasteiger partial charge is 0.384 e. The van der Waals surface area contributed by atoms with Gasteiger partial charge in [0.1, 0.15) is 0 Å². The summed E-state index contributed by atoms with van der Waals surface area (Å²) < 4.78 is 5.24. The monoisotopic (exact) mass is 228 g/mol. The third-order valence-electron chi connectivity index (χ3n) is 3.48. The first-order valence-corrected chi connectivity index (χ1v) is 6.73. The zero-order valence-corrected chi connectivity index (χ0v) is 11.0.